The molecule has 74 valence electrons. The average Bonchev–Trinajstić information content (AvgIpc) is 2.30. The van der Waals surface area contributed by atoms with Gasteiger partial charge in [0.2, 0.25) is 0 Å². The second-order valence-corrected chi connectivity index (χ2v) is 3.02. The lowest BCUT2D eigenvalue weighted by Crippen LogP contribution is -2.27. The first-order valence-corrected chi connectivity index (χ1v) is 4.44. The van der Waals surface area contributed by atoms with Crippen LogP contribution in [0.2, 0.25) is 0 Å². The van der Waals surface area contributed by atoms with Gasteiger partial charge in [0.1, 0.15) is 18.7 Å². The minimum atomic E-state index is 0.179. The van der Waals surface area contributed by atoms with E-state index in [-0.39, 0.29) is 6.04 Å². The van der Waals surface area contributed by atoms with E-state index in [2.05, 4.69) is 10.5 Å². The first-order valence-electron chi connectivity index (χ1n) is 4.44. The molecule has 0 bridgehead atoms. The predicted molar refractivity (Wildman–Crippen MR) is 53.3 cm³/mol. The molecule has 14 heavy (non-hydrogen) atoms. The molecule has 4 heteroatoms. The topological polar surface area (TPSA) is 42.9 Å². The van der Waals surface area contributed by atoms with Gasteiger partial charge < -0.3 is 14.9 Å². The molecule has 1 N–H and O–H groups in total. The predicted octanol–water partition coefficient (Wildman–Crippen LogP) is 1.30. The van der Waals surface area contributed by atoms with Gasteiger partial charge in [-0.1, -0.05) is 17.3 Å². The molecular weight excluding hydrogens is 180 g/mol. The minimum Gasteiger partial charge on any atom is -0.497 e. The van der Waals surface area contributed by atoms with Crippen molar-refractivity contribution in [2.24, 2.45) is 5.16 Å². The van der Waals surface area contributed by atoms with Gasteiger partial charge in [0.25, 0.3) is 0 Å². The molecule has 0 aromatic heterocycles. The molecule has 1 aliphatic heterocycles. The van der Waals surface area contributed by atoms with Crippen molar-refractivity contribution >= 4 is 6.34 Å². The lowest BCUT2D eigenvalue weighted by Gasteiger charge is -2.19. The number of rotatable bonds is 2. The summed E-state index contributed by atoms with van der Waals surface area (Å²) in [5, 5.41) is 6.74. The monoisotopic (exact) mass is 192 g/mol. The van der Waals surface area contributed by atoms with E-state index >= 15 is 0 Å². The number of oxime groups is 1. The van der Waals surface area contributed by atoms with Crippen molar-refractivity contribution in [3.8, 4) is 5.75 Å². The summed E-state index contributed by atoms with van der Waals surface area (Å²) in [6, 6.07) is 8.07. The molecule has 0 fully saturated rings. The van der Waals surface area contributed by atoms with Gasteiger partial charge in [0.05, 0.1) is 13.2 Å². The Kier molecular flexibility index (Phi) is 2.53. The Balaban J connectivity index is 2.12. The molecule has 2 rings (SSSR count). The van der Waals surface area contributed by atoms with E-state index in [0.717, 1.165) is 11.3 Å². The highest BCUT2D eigenvalue weighted by Gasteiger charge is 2.12. The van der Waals surface area contributed by atoms with Gasteiger partial charge in [-0.15, -0.1) is 0 Å². The van der Waals surface area contributed by atoms with Gasteiger partial charge in [-0.3, -0.25) is 0 Å². The van der Waals surface area contributed by atoms with Crippen LogP contribution in [-0.2, 0) is 4.84 Å². The normalized spacial score (nSPS) is 19.6. The summed E-state index contributed by atoms with van der Waals surface area (Å²) in [7, 11) is 1.66. The van der Waals surface area contributed by atoms with Gasteiger partial charge in [-0.2, -0.15) is 0 Å². The number of nitrogens with one attached hydrogen (secondary N) is 1. The maximum atomic E-state index is 5.08. The second-order valence-electron chi connectivity index (χ2n) is 3.02. The van der Waals surface area contributed by atoms with Crippen LogP contribution in [0.5, 0.6) is 5.75 Å². The fourth-order valence-corrected chi connectivity index (χ4v) is 1.35. The zero-order valence-electron chi connectivity index (χ0n) is 7.93. The summed E-state index contributed by atoms with van der Waals surface area (Å²) >= 11 is 0. The number of methoxy groups -OCH3 is 1. The lowest BCUT2D eigenvalue weighted by atomic mass is 10.1. The van der Waals surface area contributed by atoms with Gasteiger partial charge in [0.15, 0.2) is 0 Å². The molecule has 0 radical (unpaired) electrons. The van der Waals surface area contributed by atoms with E-state index in [9.17, 15) is 0 Å². The van der Waals surface area contributed by atoms with E-state index < -0.39 is 0 Å². The van der Waals surface area contributed by atoms with Crippen molar-refractivity contribution in [3.05, 3.63) is 29.8 Å². The summed E-state index contributed by atoms with van der Waals surface area (Å²) in [6.45, 7) is 0.558. The molecule has 1 aliphatic rings. The highest BCUT2D eigenvalue weighted by Crippen LogP contribution is 2.18. The van der Waals surface area contributed by atoms with Crippen LogP contribution in [0.15, 0.2) is 29.4 Å². The molecule has 0 saturated carbocycles. The lowest BCUT2D eigenvalue weighted by molar-refractivity contribution is 0.112. The van der Waals surface area contributed by atoms with Crippen LogP contribution in [-0.4, -0.2) is 20.1 Å². The molecule has 1 aromatic rings. The van der Waals surface area contributed by atoms with Crippen LogP contribution in [0.1, 0.15) is 11.6 Å². The van der Waals surface area contributed by atoms with E-state index in [1.54, 1.807) is 13.4 Å². The molecule has 1 heterocycles. The summed E-state index contributed by atoms with van der Waals surface area (Å²) in [6.07, 6.45) is 1.57. The van der Waals surface area contributed by atoms with Crippen molar-refractivity contribution in [1.82, 2.24) is 5.32 Å². The Morgan fingerprint density at radius 3 is 2.79 bits per heavy atom. The summed E-state index contributed by atoms with van der Waals surface area (Å²) in [4.78, 5) is 4.97. The molecule has 0 saturated heterocycles. The minimum absolute atomic E-state index is 0.179. The van der Waals surface area contributed by atoms with Crippen molar-refractivity contribution in [3.63, 3.8) is 0 Å². The summed E-state index contributed by atoms with van der Waals surface area (Å²) < 4.78 is 5.08. The Morgan fingerprint density at radius 1 is 1.43 bits per heavy atom. The van der Waals surface area contributed by atoms with E-state index in [1.807, 2.05) is 24.3 Å². The molecule has 4 nitrogen and oxygen atoms in total. The largest absolute Gasteiger partial charge is 0.497 e. The van der Waals surface area contributed by atoms with Gasteiger partial charge >= 0.3 is 0 Å². The number of ether oxygens (including phenoxy) is 1. The second kappa shape index (κ2) is 4.00. The van der Waals surface area contributed by atoms with Crippen LogP contribution >= 0.6 is 0 Å². The highest BCUT2D eigenvalue weighted by atomic mass is 16.6. The van der Waals surface area contributed by atoms with Crippen molar-refractivity contribution in [2.45, 2.75) is 6.04 Å². The Labute approximate surface area is 82.5 Å². The van der Waals surface area contributed by atoms with E-state index in [1.165, 1.54) is 0 Å². The first-order chi connectivity index (χ1) is 6.90. The highest BCUT2D eigenvalue weighted by molar-refractivity contribution is 5.55. The molecular formula is C10H12N2O2. The van der Waals surface area contributed by atoms with Gasteiger partial charge in [-0.25, -0.2) is 0 Å². The molecule has 0 amide bonds. The number of nitrogens with zero attached hydrogens (tertiary/aromatic N) is 1. The average molecular weight is 192 g/mol. The maximum Gasteiger partial charge on any atom is 0.141 e. The van der Waals surface area contributed by atoms with Crippen LogP contribution in [0.3, 0.4) is 0 Å². The van der Waals surface area contributed by atoms with Crippen LogP contribution < -0.4 is 10.1 Å². The summed E-state index contributed by atoms with van der Waals surface area (Å²) in [5.41, 5.74) is 1.16. The maximum absolute atomic E-state index is 5.08. The number of hydrogen-bond donors (Lipinski definition) is 1. The molecule has 1 atom stereocenters. The summed E-state index contributed by atoms with van der Waals surface area (Å²) in [5.74, 6) is 0.860. The Bertz CT molecular complexity index is 321. The zero-order valence-corrected chi connectivity index (χ0v) is 7.93. The van der Waals surface area contributed by atoms with Crippen molar-refractivity contribution in [2.75, 3.05) is 13.7 Å². The third kappa shape index (κ3) is 1.79. The van der Waals surface area contributed by atoms with Crippen LogP contribution in [0.4, 0.5) is 0 Å². The fourth-order valence-electron chi connectivity index (χ4n) is 1.35. The SMILES string of the molecule is COc1ccc(C2CON=CN2)cc1. The third-order valence-corrected chi connectivity index (χ3v) is 2.16. The fraction of sp³-hybridized carbons (Fsp3) is 0.300. The van der Waals surface area contributed by atoms with Gasteiger partial charge in [-0.05, 0) is 17.7 Å². The number of hydrogen-bond acceptors (Lipinski definition) is 4. The third-order valence-electron chi connectivity index (χ3n) is 2.16. The van der Waals surface area contributed by atoms with Gasteiger partial charge in [0, 0.05) is 0 Å². The Morgan fingerprint density at radius 2 is 2.21 bits per heavy atom. The molecule has 1 aromatic carbocycles. The quantitative estimate of drug-likeness (QED) is 0.768. The van der Waals surface area contributed by atoms with Crippen molar-refractivity contribution < 1.29 is 9.57 Å². The van der Waals surface area contributed by atoms with Crippen LogP contribution in [0, 0.1) is 0 Å². The van der Waals surface area contributed by atoms with Crippen molar-refractivity contribution in [1.29, 1.82) is 0 Å². The first kappa shape index (κ1) is 8.87. The zero-order chi connectivity index (χ0) is 9.80. The van der Waals surface area contributed by atoms with Crippen LogP contribution in [0.25, 0.3) is 0 Å². The standard InChI is InChI=1S/C10H12N2O2/c1-13-9-4-2-8(3-5-9)10-6-14-12-7-11-10/h2-5,7,10H,6H2,1H3,(H,11,12). The molecule has 1 unspecified atom stereocenters. The Hall–Kier alpha value is -1.71. The number of benzene rings is 1. The molecule has 0 aliphatic carbocycles. The van der Waals surface area contributed by atoms with E-state index in [0.29, 0.717) is 6.61 Å². The molecule has 0 spiro atoms. The smallest absolute Gasteiger partial charge is 0.141 e. The van der Waals surface area contributed by atoms with E-state index in [4.69, 9.17) is 9.57 Å².